The Morgan fingerprint density at radius 3 is 2.67 bits per heavy atom. The zero-order valence-corrected chi connectivity index (χ0v) is 23.1. The highest BCUT2D eigenvalue weighted by molar-refractivity contribution is 5.78. The highest BCUT2D eigenvalue weighted by atomic mass is 16.5. The van der Waals surface area contributed by atoms with E-state index < -0.39 is 5.97 Å². The van der Waals surface area contributed by atoms with Crippen LogP contribution in [0.2, 0.25) is 0 Å². The van der Waals surface area contributed by atoms with Gasteiger partial charge in [0.05, 0.1) is 19.6 Å². The second kappa shape index (κ2) is 14.9. The quantitative estimate of drug-likeness (QED) is 0.530. The summed E-state index contributed by atoms with van der Waals surface area (Å²) >= 11 is 0. The lowest BCUT2D eigenvalue weighted by Crippen LogP contribution is -2.45. The van der Waals surface area contributed by atoms with Crippen molar-refractivity contribution in [2.75, 3.05) is 66.1 Å². The number of carbonyl (C=O) groups excluding carboxylic acids is 1. The molecule has 0 spiro atoms. The zero-order chi connectivity index (χ0) is 27.5. The van der Waals surface area contributed by atoms with Crippen LogP contribution in [0.5, 0.6) is 11.5 Å². The first-order valence-electron chi connectivity index (χ1n) is 14.0. The van der Waals surface area contributed by atoms with Crippen LogP contribution >= 0.6 is 0 Å². The normalized spacial score (nSPS) is 18.5. The average molecular weight is 539 g/mol. The molecule has 2 aliphatic heterocycles. The smallest absolute Gasteiger partial charge is 0.307 e. The third-order valence-electron chi connectivity index (χ3n) is 7.27. The Kier molecular flexibility index (Phi) is 11.0. The van der Waals surface area contributed by atoms with E-state index in [0.717, 1.165) is 74.6 Å². The summed E-state index contributed by atoms with van der Waals surface area (Å²) in [5.41, 5.74) is 2.61. The summed E-state index contributed by atoms with van der Waals surface area (Å²) in [6.07, 6.45) is 2.71. The minimum Gasteiger partial charge on any atom is -0.493 e. The van der Waals surface area contributed by atoms with Crippen molar-refractivity contribution in [1.82, 2.24) is 20.0 Å². The molecular formula is C30H42N4O5. The summed E-state index contributed by atoms with van der Waals surface area (Å²) in [7, 11) is 2.15. The summed E-state index contributed by atoms with van der Waals surface area (Å²) in [6.45, 7) is 8.16. The van der Waals surface area contributed by atoms with Gasteiger partial charge in [0, 0.05) is 63.5 Å². The van der Waals surface area contributed by atoms with E-state index in [9.17, 15) is 14.7 Å². The number of piperazine rings is 1. The molecule has 1 fully saturated rings. The van der Waals surface area contributed by atoms with Gasteiger partial charge in [-0.3, -0.25) is 19.4 Å². The number of carboxylic acids is 1. The zero-order valence-electron chi connectivity index (χ0n) is 23.1. The molecule has 212 valence electrons. The number of amides is 1. The van der Waals surface area contributed by atoms with Crippen molar-refractivity contribution in [3.63, 3.8) is 0 Å². The van der Waals surface area contributed by atoms with Crippen LogP contribution in [0.25, 0.3) is 0 Å². The molecule has 2 heterocycles. The average Bonchev–Trinajstić information content (AvgIpc) is 2.92. The van der Waals surface area contributed by atoms with Crippen LogP contribution < -0.4 is 14.8 Å². The molecular weight excluding hydrogens is 496 g/mol. The van der Waals surface area contributed by atoms with Gasteiger partial charge in [-0.2, -0.15) is 0 Å². The van der Waals surface area contributed by atoms with Crippen LogP contribution in [-0.2, 0) is 29.1 Å². The highest BCUT2D eigenvalue weighted by Crippen LogP contribution is 2.26. The number of carboxylic acid groups (broad SMARTS) is 1. The Hall–Kier alpha value is -3.14. The van der Waals surface area contributed by atoms with Gasteiger partial charge in [0.2, 0.25) is 5.91 Å². The van der Waals surface area contributed by atoms with Crippen molar-refractivity contribution in [3.05, 3.63) is 59.2 Å². The maximum absolute atomic E-state index is 12.9. The van der Waals surface area contributed by atoms with E-state index in [-0.39, 0.29) is 18.9 Å². The lowest BCUT2D eigenvalue weighted by molar-refractivity contribution is -0.136. The monoisotopic (exact) mass is 538 g/mol. The summed E-state index contributed by atoms with van der Waals surface area (Å²) in [4.78, 5) is 31.1. The third kappa shape index (κ3) is 9.53. The number of para-hydroxylation sites is 1. The first-order valence-corrected chi connectivity index (χ1v) is 14.0. The second-order valence-corrected chi connectivity index (χ2v) is 10.5. The Labute approximate surface area is 231 Å². The fraction of sp³-hybridized carbons (Fsp3) is 0.533. The maximum Gasteiger partial charge on any atom is 0.307 e. The van der Waals surface area contributed by atoms with Gasteiger partial charge in [-0.25, -0.2) is 0 Å². The van der Waals surface area contributed by atoms with Crippen molar-refractivity contribution in [2.45, 2.75) is 38.8 Å². The maximum atomic E-state index is 12.9. The lowest BCUT2D eigenvalue weighted by Gasteiger charge is -2.32. The molecule has 0 unspecified atom stereocenters. The Morgan fingerprint density at radius 2 is 1.85 bits per heavy atom. The Morgan fingerprint density at radius 1 is 1.03 bits per heavy atom. The number of hydrogen-bond donors (Lipinski definition) is 2. The van der Waals surface area contributed by atoms with Crippen molar-refractivity contribution >= 4 is 11.9 Å². The largest absolute Gasteiger partial charge is 0.493 e. The standard InChI is InChI=1S/C30H42N4O5/c1-32-12-14-33(15-13-32)16-18-39-27-8-4-3-7-25(27)21-34-22-26-19-24(20-30(36)37)9-10-28(26)38-17-6-2-5-11-31-29(35)23-34/h3-4,7-10,19H,2,5-6,11-18,20-23H2,1H3,(H,31,35)(H,36,37). The number of ether oxygens (including phenoxy) is 2. The molecule has 2 aromatic carbocycles. The van der Waals surface area contributed by atoms with Crippen molar-refractivity contribution < 1.29 is 24.2 Å². The van der Waals surface area contributed by atoms with Crippen molar-refractivity contribution in [2.24, 2.45) is 0 Å². The summed E-state index contributed by atoms with van der Waals surface area (Å²) < 4.78 is 12.4. The molecule has 2 N–H and O–H groups in total. The molecule has 0 saturated carbocycles. The fourth-order valence-electron chi connectivity index (χ4n) is 5.04. The fourth-order valence-corrected chi connectivity index (χ4v) is 5.04. The molecule has 1 saturated heterocycles. The number of nitrogens with one attached hydrogen (secondary N) is 1. The van der Waals surface area contributed by atoms with Gasteiger partial charge < -0.3 is 24.8 Å². The molecule has 9 nitrogen and oxygen atoms in total. The van der Waals surface area contributed by atoms with Crippen LogP contribution in [0, 0.1) is 0 Å². The molecule has 39 heavy (non-hydrogen) atoms. The van der Waals surface area contributed by atoms with Crippen LogP contribution in [-0.4, -0.2) is 97.8 Å². The second-order valence-electron chi connectivity index (χ2n) is 10.5. The van der Waals surface area contributed by atoms with E-state index in [1.807, 2.05) is 42.5 Å². The van der Waals surface area contributed by atoms with Gasteiger partial charge in [-0.1, -0.05) is 30.3 Å². The molecule has 0 atom stereocenters. The number of fused-ring (bicyclic) bond motifs is 1. The molecule has 2 aromatic rings. The van der Waals surface area contributed by atoms with E-state index in [1.165, 1.54) is 0 Å². The number of likely N-dealkylation sites (N-methyl/N-ethyl adjacent to an activating group) is 1. The molecule has 0 aliphatic carbocycles. The number of benzene rings is 2. The predicted octanol–water partition coefficient (Wildman–Crippen LogP) is 2.62. The highest BCUT2D eigenvalue weighted by Gasteiger charge is 2.19. The number of rotatable bonds is 8. The van der Waals surface area contributed by atoms with Gasteiger partial charge in [0.1, 0.15) is 18.1 Å². The van der Waals surface area contributed by atoms with Gasteiger partial charge in [-0.15, -0.1) is 0 Å². The first kappa shape index (κ1) is 28.9. The molecule has 4 rings (SSSR count). The van der Waals surface area contributed by atoms with Gasteiger partial charge >= 0.3 is 5.97 Å². The number of carbonyl (C=O) groups is 2. The minimum atomic E-state index is -0.876. The van der Waals surface area contributed by atoms with Gasteiger partial charge in [0.15, 0.2) is 0 Å². The molecule has 1 amide bonds. The van der Waals surface area contributed by atoms with Gasteiger partial charge in [-0.05, 0) is 44.0 Å². The van der Waals surface area contributed by atoms with E-state index in [2.05, 4.69) is 27.1 Å². The van der Waals surface area contributed by atoms with Crippen LogP contribution in [0.1, 0.15) is 36.0 Å². The van der Waals surface area contributed by atoms with E-state index >= 15 is 0 Å². The molecule has 9 heteroatoms. The van der Waals surface area contributed by atoms with E-state index in [1.54, 1.807) is 0 Å². The molecule has 0 radical (unpaired) electrons. The third-order valence-corrected chi connectivity index (χ3v) is 7.27. The van der Waals surface area contributed by atoms with Crippen molar-refractivity contribution in [1.29, 1.82) is 0 Å². The number of hydrogen-bond acceptors (Lipinski definition) is 7. The van der Waals surface area contributed by atoms with E-state index in [4.69, 9.17) is 9.47 Å². The summed E-state index contributed by atoms with van der Waals surface area (Å²) in [5.74, 6) is 0.669. The lowest BCUT2D eigenvalue weighted by atomic mass is 10.1. The summed E-state index contributed by atoms with van der Waals surface area (Å²) in [5, 5.41) is 12.4. The first-order chi connectivity index (χ1) is 19.0. The van der Waals surface area contributed by atoms with Crippen LogP contribution in [0.3, 0.4) is 0 Å². The van der Waals surface area contributed by atoms with E-state index in [0.29, 0.717) is 38.4 Å². The minimum absolute atomic E-state index is 0.0214. The molecule has 0 bridgehead atoms. The Bertz CT molecular complexity index is 1090. The van der Waals surface area contributed by atoms with Crippen molar-refractivity contribution in [3.8, 4) is 11.5 Å². The van der Waals surface area contributed by atoms with Crippen LogP contribution in [0.15, 0.2) is 42.5 Å². The number of nitrogens with zero attached hydrogens (tertiary/aromatic N) is 3. The van der Waals surface area contributed by atoms with Gasteiger partial charge in [0.25, 0.3) is 0 Å². The topological polar surface area (TPSA) is 94.6 Å². The SMILES string of the molecule is CN1CCN(CCOc2ccccc2CN2CC(=O)NCCCCCOc3ccc(CC(=O)O)cc3C2)CC1. The predicted molar refractivity (Wildman–Crippen MR) is 150 cm³/mol. The molecule has 0 aromatic heterocycles. The summed E-state index contributed by atoms with van der Waals surface area (Å²) in [6, 6.07) is 13.6. The van der Waals surface area contributed by atoms with Crippen LogP contribution in [0.4, 0.5) is 0 Å². The number of aliphatic carboxylic acids is 1. The Balaban J connectivity index is 1.50. The molecule has 2 aliphatic rings.